The number of benzene rings is 2. The molecule has 2 aromatic carbocycles. The largest absolute Gasteiger partial charge is 0.497 e. The first-order valence-electron chi connectivity index (χ1n) is 8.36. The van der Waals surface area contributed by atoms with Gasteiger partial charge in [-0.05, 0) is 48.7 Å². The standard InChI is InChI=1S/C20H22N2O3/c1-22(13-14-6-10-18(25-2)11-7-14)20(24)16-4-3-5-17(12-16)21-19(23)15-8-9-15/h3-7,10-12,15H,8-9,13H2,1-2H3,(H,21,23). The first-order chi connectivity index (χ1) is 12.1. The third kappa shape index (κ3) is 4.38. The van der Waals surface area contributed by atoms with Gasteiger partial charge in [-0.2, -0.15) is 0 Å². The number of hydrogen-bond acceptors (Lipinski definition) is 3. The Labute approximate surface area is 147 Å². The molecule has 5 heteroatoms. The van der Waals surface area contributed by atoms with Gasteiger partial charge in [-0.25, -0.2) is 0 Å². The third-order valence-electron chi connectivity index (χ3n) is 4.25. The molecule has 0 heterocycles. The highest BCUT2D eigenvalue weighted by molar-refractivity contribution is 5.98. The van der Waals surface area contributed by atoms with Crippen molar-refractivity contribution < 1.29 is 14.3 Å². The number of anilines is 1. The van der Waals surface area contributed by atoms with Crippen molar-refractivity contribution in [2.24, 2.45) is 5.92 Å². The molecule has 1 aliphatic rings. The Balaban J connectivity index is 1.65. The summed E-state index contributed by atoms with van der Waals surface area (Å²) in [5, 5.41) is 2.88. The summed E-state index contributed by atoms with van der Waals surface area (Å²) in [7, 11) is 3.39. The van der Waals surface area contributed by atoms with Crippen LogP contribution in [0.1, 0.15) is 28.8 Å². The van der Waals surface area contributed by atoms with Gasteiger partial charge in [0.15, 0.2) is 0 Å². The van der Waals surface area contributed by atoms with Crippen LogP contribution in [-0.4, -0.2) is 30.9 Å². The smallest absolute Gasteiger partial charge is 0.253 e. The highest BCUT2D eigenvalue weighted by Crippen LogP contribution is 2.30. The highest BCUT2D eigenvalue weighted by atomic mass is 16.5. The van der Waals surface area contributed by atoms with E-state index in [2.05, 4.69) is 5.32 Å². The van der Waals surface area contributed by atoms with Crippen LogP contribution in [0.15, 0.2) is 48.5 Å². The van der Waals surface area contributed by atoms with E-state index in [1.54, 1.807) is 43.3 Å². The van der Waals surface area contributed by atoms with Gasteiger partial charge in [0, 0.05) is 30.8 Å². The molecule has 0 spiro atoms. The van der Waals surface area contributed by atoms with E-state index in [0.717, 1.165) is 24.2 Å². The summed E-state index contributed by atoms with van der Waals surface area (Å²) in [5.74, 6) is 0.878. The van der Waals surface area contributed by atoms with Gasteiger partial charge >= 0.3 is 0 Å². The minimum absolute atomic E-state index is 0.0381. The quantitative estimate of drug-likeness (QED) is 0.879. The maximum absolute atomic E-state index is 12.6. The number of carbonyl (C=O) groups is 2. The van der Waals surface area contributed by atoms with E-state index in [9.17, 15) is 9.59 Å². The van der Waals surface area contributed by atoms with Gasteiger partial charge in [0.2, 0.25) is 5.91 Å². The predicted octanol–water partition coefficient (Wildman–Crippen LogP) is 3.32. The highest BCUT2D eigenvalue weighted by Gasteiger charge is 2.29. The molecule has 0 aliphatic heterocycles. The summed E-state index contributed by atoms with van der Waals surface area (Å²) in [6.07, 6.45) is 1.91. The number of carbonyl (C=O) groups excluding carboxylic acids is 2. The van der Waals surface area contributed by atoms with Crippen LogP contribution >= 0.6 is 0 Å². The molecule has 0 radical (unpaired) electrons. The SMILES string of the molecule is COc1ccc(CN(C)C(=O)c2cccc(NC(=O)C3CC3)c2)cc1. The predicted molar refractivity (Wildman–Crippen MR) is 96.6 cm³/mol. The Hall–Kier alpha value is -2.82. The number of methoxy groups -OCH3 is 1. The molecule has 2 amide bonds. The number of amides is 2. The Bertz CT molecular complexity index is 767. The number of nitrogens with one attached hydrogen (secondary N) is 1. The second-order valence-corrected chi connectivity index (χ2v) is 6.35. The van der Waals surface area contributed by atoms with Gasteiger partial charge < -0.3 is 15.0 Å². The molecule has 0 atom stereocenters. The van der Waals surface area contributed by atoms with E-state index < -0.39 is 0 Å². The number of rotatable bonds is 6. The zero-order valence-electron chi connectivity index (χ0n) is 14.5. The van der Waals surface area contributed by atoms with Crippen LogP contribution in [0.5, 0.6) is 5.75 Å². The maximum atomic E-state index is 12.6. The minimum Gasteiger partial charge on any atom is -0.497 e. The van der Waals surface area contributed by atoms with Crippen LogP contribution in [0.3, 0.4) is 0 Å². The maximum Gasteiger partial charge on any atom is 0.253 e. The van der Waals surface area contributed by atoms with Crippen molar-refractivity contribution in [3.63, 3.8) is 0 Å². The normalized spacial score (nSPS) is 13.2. The molecule has 3 rings (SSSR count). The molecule has 0 unspecified atom stereocenters. The molecule has 2 aromatic rings. The van der Waals surface area contributed by atoms with E-state index in [-0.39, 0.29) is 17.7 Å². The van der Waals surface area contributed by atoms with Crippen molar-refractivity contribution >= 4 is 17.5 Å². The monoisotopic (exact) mass is 338 g/mol. The van der Waals surface area contributed by atoms with Gasteiger partial charge in [0.25, 0.3) is 5.91 Å². The lowest BCUT2D eigenvalue weighted by atomic mass is 10.1. The summed E-state index contributed by atoms with van der Waals surface area (Å²) in [5.41, 5.74) is 2.25. The fraction of sp³-hybridized carbons (Fsp3) is 0.300. The van der Waals surface area contributed by atoms with Crippen LogP contribution < -0.4 is 10.1 Å². The molecule has 5 nitrogen and oxygen atoms in total. The summed E-state index contributed by atoms with van der Waals surface area (Å²) in [4.78, 5) is 26.2. The Morgan fingerprint density at radius 3 is 2.52 bits per heavy atom. The molecular formula is C20H22N2O3. The first-order valence-corrected chi connectivity index (χ1v) is 8.36. The molecule has 1 fully saturated rings. The van der Waals surface area contributed by atoms with Crippen LogP contribution in [0.25, 0.3) is 0 Å². The van der Waals surface area contributed by atoms with Gasteiger partial charge in [-0.15, -0.1) is 0 Å². The molecule has 1 N–H and O–H groups in total. The Morgan fingerprint density at radius 2 is 1.88 bits per heavy atom. The van der Waals surface area contributed by atoms with Crippen molar-refractivity contribution in [3.05, 3.63) is 59.7 Å². The molecule has 0 bridgehead atoms. The lowest BCUT2D eigenvalue weighted by molar-refractivity contribution is -0.117. The Kier molecular flexibility index (Phi) is 5.03. The summed E-state index contributed by atoms with van der Waals surface area (Å²) in [6, 6.07) is 14.7. The van der Waals surface area contributed by atoms with E-state index in [0.29, 0.717) is 17.8 Å². The zero-order chi connectivity index (χ0) is 17.8. The number of nitrogens with zero attached hydrogens (tertiary/aromatic N) is 1. The first kappa shape index (κ1) is 17.0. The second kappa shape index (κ2) is 7.38. The van der Waals surface area contributed by atoms with Crippen molar-refractivity contribution in [1.29, 1.82) is 0 Å². The minimum atomic E-state index is -0.0849. The van der Waals surface area contributed by atoms with Crippen LogP contribution in [-0.2, 0) is 11.3 Å². The van der Waals surface area contributed by atoms with Crippen LogP contribution in [0, 0.1) is 5.92 Å². The van der Waals surface area contributed by atoms with E-state index in [1.807, 2.05) is 24.3 Å². The molecular weight excluding hydrogens is 316 g/mol. The average molecular weight is 338 g/mol. The van der Waals surface area contributed by atoms with Crippen molar-refractivity contribution in [3.8, 4) is 5.75 Å². The van der Waals surface area contributed by atoms with Crippen LogP contribution in [0.2, 0.25) is 0 Å². The summed E-state index contributed by atoms with van der Waals surface area (Å²) < 4.78 is 5.14. The van der Waals surface area contributed by atoms with Gasteiger partial charge in [-0.1, -0.05) is 18.2 Å². The average Bonchev–Trinajstić information content (AvgIpc) is 3.47. The topological polar surface area (TPSA) is 58.6 Å². The third-order valence-corrected chi connectivity index (χ3v) is 4.25. The van der Waals surface area contributed by atoms with Crippen molar-refractivity contribution in [1.82, 2.24) is 4.90 Å². The lowest BCUT2D eigenvalue weighted by Gasteiger charge is -2.18. The van der Waals surface area contributed by atoms with E-state index in [1.165, 1.54) is 0 Å². The van der Waals surface area contributed by atoms with E-state index >= 15 is 0 Å². The molecule has 130 valence electrons. The zero-order valence-corrected chi connectivity index (χ0v) is 14.5. The lowest BCUT2D eigenvalue weighted by Crippen LogP contribution is -2.26. The summed E-state index contributed by atoms with van der Waals surface area (Å²) >= 11 is 0. The van der Waals surface area contributed by atoms with E-state index in [4.69, 9.17) is 4.74 Å². The number of ether oxygens (including phenoxy) is 1. The summed E-state index contributed by atoms with van der Waals surface area (Å²) in [6.45, 7) is 0.501. The van der Waals surface area contributed by atoms with Gasteiger partial charge in [0.1, 0.15) is 5.75 Å². The fourth-order valence-electron chi connectivity index (χ4n) is 2.62. The Morgan fingerprint density at radius 1 is 1.16 bits per heavy atom. The molecule has 1 saturated carbocycles. The van der Waals surface area contributed by atoms with Gasteiger partial charge in [0.05, 0.1) is 7.11 Å². The van der Waals surface area contributed by atoms with Crippen molar-refractivity contribution in [2.75, 3.05) is 19.5 Å². The van der Waals surface area contributed by atoms with Gasteiger partial charge in [-0.3, -0.25) is 9.59 Å². The molecule has 0 saturated heterocycles. The van der Waals surface area contributed by atoms with Crippen molar-refractivity contribution in [2.45, 2.75) is 19.4 Å². The van der Waals surface area contributed by atoms with Crippen LogP contribution in [0.4, 0.5) is 5.69 Å². The second-order valence-electron chi connectivity index (χ2n) is 6.35. The molecule has 0 aromatic heterocycles. The molecule has 1 aliphatic carbocycles. The fourth-order valence-corrected chi connectivity index (χ4v) is 2.62. The molecule has 25 heavy (non-hydrogen) atoms. The number of hydrogen-bond donors (Lipinski definition) is 1.